The average Bonchev–Trinajstić information content (AvgIpc) is 2.97. The Kier molecular flexibility index (Phi) is 7.03. The topological polar surface area (TPSA) is 118 Å². The highest BCUT2D eigenvalue weighted by Crippen LogP contribution is 2.38. The lowest BCUT2D eigenvalue weighted by molar-refractivity contribution is -0.137. The van der Waals surface area contributed by atoms with Gasteiger partial charge in [0.15, 0.2) is 5.03 Å². The van der Waals surface area contributed by atoms with Gasteiger partial charge in [-0.1, -0.05) is 11.6 Å². The Hall–Kier alpha value is -3.10. The number of primary sulfonamides is 1. The van der Waals surface area contributed by atoms with Gasteiger partial charge in [-0.15, -0.1) is 0 Å². The number of hydrogen-bond donors (Lipinski definition) is 2. The number of nitrogens with zero attached hydrogens (tertiary/aromatic N) is 3. The van der Waals surface area contributed by atoms with E-state index in [4.69, 9.17) is 16.7 Å². The fourth-order valence-electron chi connectivity index (χ4n) is 3.93. The van der Waals surface area contributed by atoms with Crippen molar-refractivity contribution in [2.75, 3.05) is 23.3 Å². The Labute approximate surface area is 212 Å². The van der Waals surface area contributed by atoms with Crippen molar-refractivity contribution in [1.82, 2.24) is 9.97 Å². The SMILES string of the molecule is NS(=O)(=O)c1cc(NC(=O)c2cc3cc(Cl)c(C(F)(F)F)cc3nc2N2CCCC(F)(F)CC2)ccn1. The molecular formula is C22H19ClF5N5O3S. The van der Waals surface area contributed by atoms with E-state index >= 15 is 0 Å². The summed E-state index contributed by atoms with van der Waals surface area (Å²) in [5.74, 6) is -3.85. The molecule has 37 heavy (non-hydrogen) atoms. The smallest absolute Gasteiger partial charge is 0.356 e. The zero-order valence-corrected chi connectivity index (χ0v) is 20.4. The van der Waals surface area contributed by atoms with Crippen LogP contribution in [-0.2, 0) is 16.2 Å². The van der Waals surface area contributed by atoms with E-state index in [9.17, 15) is 35.2 Å². The molecule has 0 unspecified atom stereocenters. The molecule has 0 saturated carbocycles. The maximum absolute atomic E-state index is 14.0. The van der Waals surface area contributed by atoms with Crippen molar-refractivity contribution in [1.29, 1.82) is 0 Å². The van der Waals surface area contributed by atoms with Gasteiger partial charge >= 0.3 is 6.18 Å². The summed E-state index contributed by atoms with van der Waals surface area (Å²) < 4.78 is 91.4. The van der Waals surface area contributed by atoms with E-state index in [-0.39, 0.29) is 53.9 Å². The molecule has 1 aromatic carbocycles. The lowest BCUT2D eigenvalue weighted by Gasteiger charge is -2.25. The van der Waals surface area contributed by atoms with E-state index in [1.54, 1.807) is 0 Å². The van der Waals surface area contributed by atoms with Crippen molar-refractivity contribution < 1.29 is 35.2 Å². The normalized spacial score (nSPS) is 16.5. The number of carbonyl (C=O) groups is 1. The maximum Gasteiger partial charge on any atom is 0.417 e. The molecule has 0 bridgehead atoms. The minimum atomic E-state index is -4.77. The monoisotopic (exact) mass is 563 g/mol. The molecular weight excluding hydrogens is 545 g/mol. The van der Waals surface area contributed by atoms with E-state index in [1.807, 2.05) is 0 Å². The first-order valence-corrected chi connectivity index (χ1v) is 12.7. The number of rotatable bonds is 4. The second-order valence-electron chi connectivity index (χ2n) is 8.46. The molecule has 0 spiro atoms. The second-order valence-corrected chi connectivity index (χ2v) is 10.4. The Bertz CT molecular complexity index is 1480. The van der Waals surface area contributed by atoms with Crippen LogP contribution in [0.3, 0.4) is 0 Å². The summed E-state index contributed by atoms with van der Waals surface area (Å²) in [5.41, 5.74) is -1.41. The van der Waals surface area contributed by atoms with E-state index < -0.39 is 50.1 Å². The number of halogens is 6. The molecule has 1 aliphatic heterocycles. The van der Waals surface area contributed by atoms with Crippen molar-refractivity contribution in [2.24, 2.45) is 5.14 Å². The number of anilines is 2. The Balaban J connectivity index is 1.82. The Morgan fingerprint density at radius 1 is 1.14 bits per heavy atom. The number of nitrogens with two attached hydrogens (primary N) is 1. The third-order valence-electron chi connectivity index (χ3n) is 5.74. The molecule has 1 amide bonds. The van der Waals surface area contributed by atoms with Crippen LogP contribution in [0.5, 0.6) is 0 Å². The van der Waals surface area contributed by atoms with E-state index in [0.717, 1.165) is 24.4 Å². The third-order valence-corrected chi connectivity index (χ3v) is 6.85. The molecule has 3 N–H and O–H groups in total. The van der Waals surface area contributed by atoms with E-state index in [1.165, 1.54) is 17.0 Å². The van der Waals surface area contributed by atoms with Gasteiger partial charge in [0.25, 0.3) is 15.9 Å². The number of alkyl halides is 5. The van der Waals surface area contributed by atoms with E-state index in [2.05, 4.69) is 15.3 Å². The molecule has 3 aromatic rings. The molecule has 1 fully saturated rings. The highest BCUT2D eigenvalue weighted by molar-refractivity contribution is 7.89. The molecule has 1 aliphatic rings. The zero-order valence-electron chi connectivity index (χ0n) is 18.8. The van der Waals surface area contributed by atoms with Gasteiger partial charge in [-0.25, -0.2) is 32.3 Å². The number of hydrogen-bond acceptors (Lipinski definition) is 6. The summed E-state index contributed by atoms with van der Waals surface area (Å²) in [4.78, 5) is 22.6. The standard InChI is InChI=1S/C22H19ClF5N5O3S/c23-16-9-12-8-14(20(34)31-13-2-5-30-18(10-13)37(29,35)36)19(32-17(12)11-15(16)22(26,27)28)33-6-1-3-21(24,25)4-7-33/h2,5,8-11H,1,3-4,6-7H2,(H2,29,35,36)(H,30,31,34). The van der Waals surface area contributed by atoms with Gasteiger partial charge in [-0.2, -0.15) is 13.2 Å². The fraction of sp³-hybridized carbons (Fsp3) is 0.318. The van der Waals surface area contributed by atoms with Crippen LogP contribution in [-0.4, -0.2) is 43.3 Å². The molecule has 198 valence electrons. The van der Waals surface area contributed by atoms with Crippen LogP contribution in [0.1, 0.15) is 35.2 Å². The molecule has 2 aromatic heterocycles. The van der Waals surface area contributed by atoms with Gasteiger partial charge in [-0.3, -0.25) is 4.79 Å². The van der Waals surface area contributed by atoms with Crippen LogP contribution < -0.4 is 15.4 Å². The summed E-state index contributed by atoms with van der Waals surface area (Å²) in [5, 5.41) is 6.53. The first-order chi connectivity index (χ1) is 17.1. The molecule has 1 saturated heterocycles. The summed E-state index contributed by atoms with van der Waals surface area (Å²) in [7, 11) is -4.18. The lowest BCUT2D eigenvalue weighted by atomic mass is 10.1. The summed E-state index contributed by atoms with van der Waals surface area (Å²) in [6.45, 7) is -0.116. The number of carbonyl (C=O) groups excluding carboxylic acids is 1. The molecule has 8 nitrogen and oxygen atoms in total. The number of nitrogens with one attached hydrogen (secondary N) is 1. The molecule has 15 heteroatoms. The highest BCUT2D eigenvalue weighted by atomic mass is 35.5. The lowest BCUT2D eigenvalue weighted by Crippen LogP contribution is -2.29. The quantitative estimate of drug-likeness (QED) is 0.439. The predicted molar refractivity (Wildman–Crippen MR) is 126 cm³/mol. The second kappa shape index (κ2) is 9.65. The van der Waals surface area contributed by atoms with Crippen LogP contribution >= 0.6 is 11.6 Å². The van der Waals surface area contributed by atoms with Crippen LogP contribution in [0.25, 0.3) is 10.9 Å². The first kappa shape index (κ1) is 26.9. The van der Waals surface area contributed by atoms with Crippen LogP contribution in [0.2, 0.25) is 5.02 Å². The number of aromatic nitrogens is 2. The third kappa shape index (κ3) is 6.08. The van der Waals surface area contributed by atoms with E-state index in [0.29, 0.717) is 0 Å². The Morgan fingerprint density at radius 3 is 2.54 bits per heavy atom. The number of amides is 1. The zero-order chi connectivity index (χ0) is 27.2. The maximum atomic E-state index is 14.0. The van der Waals surface area contributed by atoms with Gasteiger partial charge in [0.1, 0.15) is 5.82 Å². The van der Waals surface area contributed by atoms with Crippen molar-refractivity contribution >= 4 is 49.9 Å². The molecule has 0 aliphatic carbocycles. The highest BCUT2D eigenvalue weighted by Gasteiger charge is 2.35. The fourth-order valence-corrected chi connectivity index (χ4v) is 4.70. The number of sulfonamides is 1. The summed E-state index contributed by atoms with van der Waals surface area (Å²) in [6, 6.07) is 5.30. The average molecular weight is 564 g/mol. The van der Waals surface area contributed by atoms with Crippen molar-refractivity contribution in [3.63, 3.8) is 0 Å². The summed E-state index contributed by atoms with van der Waals surface area (Å²) >= 11 is 5.83. The van der Waals surface area contributed by atoms with Gasteiger partial charge in [0.05, 0.1) is 21.7 Å². The molecule has 0 atom stereocenters. The van der Waals surface area contributed by atoms with Gasteiger partial charge in [-0.05, 0) is 30.7 Å². The van der Waals surface area contributed by atoms with Crippen molar-refractivity contribution in [3.8, 4) is 0 Å². The van der Waals surface area contributed by atoms with Gasteiger partial charge in [0.2, 0.25) is 5.92 Å². The number of benzene rings is 1. The van der Waals surface area contributed by atoms with Crippen LogP contribution in [0, 0.1) is 0 Å². The molecule has 4 rings (SSSR count). The number of pyridine rings is 2. The molecule has 0 radical (unpaired) electrons. The minimum Gasteiger partial charge on any atom is -0.356 e. The largest absolute Gasteiger partial charge is 0.417 e. The number of fused-ring (bicyclic) bond motifs is 1. The van der Waals surface area contributed by atoms with Crippen molar-refractivity contribution in [3.05, 3.63) is 52.7 Å². The Morgan fingerprint density at radius 2 is 1.86 bits per heavy atom. The first-order valence-electron chi connectivity index (χ1n) is 10.8. The van der Waals surface area contributed by atoms with Crippen molar-refractivity contribution in [2.45, 2.75) is 36.4 Å². The minimum absolute atomic E-state index is 0.00271. The van der Waals surface area contributed by atoms with Gasteiger partial charge in [0, 0.05) is 49.3 Å². The summed E-state index contributed by atoms with van der Waals surface area (Å²) in [6.07, 6.45) is -4.53. The van der Waals surface area contributed by atoms with Crippen LogP contribution in [0.15, 0.2) is 41.6 Å². The van der Waals surface area contributed by atoms with Crippen LogP contribution in [0.4, 0.5) is 33.5 Å². The van der Waals surface area contributed by atoms with Gasteiger partial charge < -0.3 is 10.2 Å². The predicted octanol–water partition coefficient (Wildman–Crippen LogP) is 4.83. The molecule has 3 heterocycles.